The normalized spacial score (nSPS) is 10.6. The van der Waals surface area contributed by atoms with E-state index < -0.39 is 47.4 Å². The number of carbonyl (C=O) groups excluding carboxylic acids is 1. The van der Waals surface area contributed by atoms with E-state index in [1.807, 2.05) is 23.7 Å². The average Bonchev–Trinajstić information content (AvgIpc) is 2.54. The quantitative estimate of drug-likeness (QED) is 0.468. The molecule has 1 N–H and O–H groups in total. The summed E-state index contributed by atoms with van der Waals surface area (Å²) in [7, 11) is -8.76. The Balaban J connectivity index is 5.24. The number of rotatable bonds is 10. The Morgan fingerprint density at radius 2 is 1.13 bits per heavy atom. The minimum atomic E-state index is -4.47. The van der Waals surface area contributed by atoms with Crippen molar-refractivity contribution in [1.82, 2.24) is 5.09 Å². The summed E-state index contributed by atoms with van der Waals surface area (Å²) in [4.78, 5) is 12.0. The van der Waals surface area contributed by atoms with Crippen molar-refractivity contribution in [3.63, 3.8) is 0 Å². The zero-order chi connectivity index (χ0) is 17.8. The molecule has 0 saturated carbocycles. The molecule has 0 fully saturated rings. The molecule has 0 saturated heterocycles. The maximum Gasteiger partial charge on any atom is 0.437 e. The van der Waals surface area contributed by atoms with Gasteiger partial charge in [0.05, 0.1) is 0 Å². The third-order valence-electron chi connectivity index (χ3n) is 1.75. The van der Waals surface area contributed by atoms with E-state index in [1.54, 1.807) is 5.09 Å². The highest BCUT2D eigenvalue weighted by molar-refractivity contribution is 7.73. The smallest absolute Gasteiger partial charge is 0.289 e. The van der Waals surface area contributed by atoms with Crippen LogP contribution in [0.3, 0.4) is 0 Å². The van der Waals surface area contributed by atoms with E-state index in [0.717, 1.165) is 0 Å². The monoisotopic (exact) mass is 357 g/mol. The molecule has 0 aromatic carbocycles. The summed E-state index contributed by atoms with van der Waals surface area (Å²) in [6.45, 7) is -1.97. The van der Waals surface area contributed by atoms with Crippen LogP contribution in [0, 0.1) is 49.4 Å². The molecular weight excluding hydrogens is 344 g/mol. The van der Waals surface area contributed by atoms with E-state index in [0.29, 0.717) is 0 Å². The third-order valence-corrected chi connectivity index (χ3v) is 4.89. The first-order valence-electron chi connectivity index (χ1n) is 5.72. The van der Waals surface area contributed by atoms with E-state index in [1.165, 1.54) is 0 Å². The predicted octanol–water partition coefficient (Wildman–Crippen LogP) is 1.60. The van der Waals surface area contributed by atoms with Crippen molar-refractivity contribution in [2.24, 2.45) is 0 Å². The Bertz CT molecular complexity index is 630. The minimum Gasteiger partial charge on any atom is -0.289 e. The topological polar surface area (TPSA) is 100 Å². The second kappa shape index (κ2) is 10.7. The SMILES string of the molecule is C#CCOP(=O)(NC(=O)P(=O)(OCC#C)OCC#C)OCC#C. The number of hydrogen-bond donors (Lipinski definition) is 1. The number of carbonyl (C=O) groups is 1. The van der Waals surface area contributed by atoms with E-state index in [4.69, 9.17) is 34.7 Å². The van der Waals surface area contributed by atoms with Gasteiger partial charge in [0.25, 0.3) is 0 Å². The standard InChI is InChI=1S/C13H13NO7P2/c1-5-9-18-22(16,19-10-6-2)13(15)14-23(17,20-11-7-3)21-12-8-4/h1-4H,9-12H2,(H,14,15,17). The van der Waals surface area contributed by atoms with Crippen LogP contribution in [0.2, 0.25) is 0 Å². The molecule has 23 heavy (non-hydrogen) atoms. The molecule has 0 heterocycles. The fraction of sp³-hybridized carbons (Fsp3) is 0.308. The molecule has 0 aliphatic carbocycles. The lowest BCUT2D eigenvalue weighted by molar-refractivity contribution is 0.212. The molecule has 0 aromatic rings. The molecule has 0 atom stereocenters. The lowest BCUT2D eigenvalue weighted by Crippen LogP contribution is -2.24. The zero-order valence-corrected chi connectivity index (χ0v) is 13.7. The largest absolute Gasteiger partial charge is 0.437 e. The molecule has 0 aliphatic rings. The van der Waals surface area contributed by atoms with Crippen molar-refractivity contribution in [3.8, 4) is 49.4 Å². The van der Waals surface area contributed by atoms with Gasteiger partial charge in [-0.2, -0.15) is 0 Å². The van der Waals surface area contributed by atoms with Crippen LogP contribution in [-0.2, 0) is 27.2 Å². The maximum absolute atomic E-state index is 12.3. The van der Waals surface area contributed by atoms with Gasteiger partial charge >= 0.3 is 21.0 Å². The van der Waals surface area contributed by atoms with E-state index in [2.05, 4.69) is 9.05 Å². The first kappa shape index (κ1) is 21.0. The molecule has 0 bridgehead atoms. The molecule has 0 rings (SSSR count). The van der Waals surface area contributed by atoms with Crippen molar-refractivity contribution in [2.45, 2.75) is 0 Å². The van der Waals surface area contributed by atoms with Gasteiger partial charge in [-0.1, -0.05) is 23.7 Å². The van der Waals surface area contributed by atoms with Crippen LogP contribution in [0.25, 0.3) is 0 Å². The summed E-state index contributed by atoms with van der Waals surface area (Å²) in [5.41, 5.74) is -1.43. The summed E-state index contributed by atoms with van der Waals surface area (Å²) in [5, 5.41) is 1.75. The lowest BCUT2D eigenvalue weighted by atomic mass is 10.8. The summed E-state index contributed by atoms with van der Waals surface area (Å²) in [6.07, 6.45) is 19.8. The van der Waals surface area contributed by atoms with E-state index >= 15 is 0 Å². The minimum absolute atomic E-state index is 0.469. The second-order valence-corrected chi connectivity index (χ2v) is 6.97. The number of nitrogens with one attached hydrogen (secondary N) is 1. The van der Waals surface area contributed by atoms with Gasteiger partial charge < -0.3 is 0 Å². The molecule has 0 radical (unpaired) electrons. The molecule has 0 spiro atoms. The predicted molar refractivity (Wildman–Crippen MR) is 82.9 cm³/mol. The third kappa shape index (κ3) is 7.71. The van der Waals surface area contributed by atoms with E-state index in [9.17, 15) is 13.9 Å². The Hall–Kier alpha value is -1.99. The Morgan fingerprint density at radius 3 is 1.48 bits per heavy atom. The fourth-order valence-electron chi connectivity index (χ4n) is 0.924. The molecule has 10 heteroatoms. The van der Waals surface area contributed by atoms with E-state index in [-0.39, 0.29) is 0 Å². The zero-order valence-electron chi connectivity index (χ0n) is 11.9. The summed E-state index contributed by atoms with van der Waals surface area (Å²) >= 11 is 0. The van der Waals surface area contributed by atoms with Gasteiger partial charge in [0.1, 0.15) is 26.4 Å². The average molecular weight is 357 g/mol. The van der Waals surface area contributed by atoms with Crippen LogP contribution in [0.4, 0.5) is 4.79 Å². The van der Waals surface area contributed by atoms with Gasteiger partial charge in [-0.05, 0) is 0 Å². The Kier molecular flexibility index (Phi) is 9.76. The molecule has 0 aromatic heterocycles. The molecule has 122 valence electrons. The summed E-state index contributed by atoms with van der Waals surface area (Å²) < 4.78 is 43.3. The van der Waals surface area contributed by atoms with Gasteiger partial charge in [-0.25, -0.2) is 9.13 Å². The van der Waals surface area contributed by atoms with Crippen LogP contribution in [0.5, 0.6) is 0 Å². The first-order valence-corrected chi connectivity index (χ1v) is 8.81. The van der Waals surface area contributed by atoms with Crippen LogP contribution < -0.4 is 5.09 Å². The summed E-state index contributed by atoms with van der Waals surface area (Å²) in [5.74, 6) is 8.03. The maximum atomic E-state index is 12.3. The van der Waals surface area contributed by atoms with Crippen molar-refractivity contribution in [1.29, 1.82) is 0 Å². The fourth-order valence-corrected chi connectivity index (χ4v) is 3.51. The van der Waals surface area contributed by atoms with Crippen LogP contribution >= 0.6 is 15.3 Å². The molecule has 1 amide bonds. The highest BCUT2D eigenvalue weighted by atomic mass is 31.2. The van der Waals surface area contributed by atoms with Crippen molar-refractivity contribution in [2.75, 3.05) is 26.4 Å². The van der Waals surface area contributed by atoms with Crippen molar-refractivity contribution >= 4 is 21.0 Å². The highest BCUT2D eigenvalue weighted by Crippen LogP contribution is 2.53. The number of amides is 1. The van der Waals surface area contributed by atoms with Crippen molar-refractivity contribution < 1.29 is 32.0 Å². The van der Waals surface area contributed by atoms with Gasteiger partial charge in [0.15, 0.2) is 0 Å². The Labute approximate surface area is 134 Å². The number of terminal acetylenes is 4. The van der Waals surface area contributed by atoms with Crippen LogP contribution in [0.1, 0.15) is 0 Å². The van der Waals surface area contributed by atoms with Gasteiger partial charge in [0, 0.05) is 0 Å². The molecule has 0 aliphatic heterocycles. The van der Waals surface area contributed by atoms with Gasteiger partial charge in [-0.3, -0.25) is 28.0 Å². The van der Waals surface area contributed by atoms with Gasteiger partial charge in [0.2, 0.25) is 0 Å². The Morgan fingerprint density at radius 1 is 0.783 bits per heavy atom. The summed E-state index contributed by atoms with van der Waals surface area (Å²) in [6, 6.07) is 0. The molecule has 0 unspecified atom stereocenters. The molecular formula is C13H13NO7P2. The number of hydrogen-bond acceptors (Lipinski definition) is 7. The molecule has 8 nitrogen and oxygen atoms in total. The van der Waals surface area contributed by atoms with Crippen LogP contribution in [-0.4, -0.2) is 32.1 Å². The van der Waals surface area contributed by atoms with Crippen LogP contribution in [0.15, 0.2) is 0 Å². The lowest BCUT2D eigenvalue weighted by Gasteiger charge is -2.20. The second-order valence-electron chi connectivity index (χ2n) is 3.32. The van der Waals surface area contributed by atoms with Crippen molar-refractivity contribution in [3.05, 3.63) is 0 Å². The first-order chi connectivity index (χ1) is 10.9. The van der Waals surface area contributed by atoms with Gasteiger partial charge in [-0.15, -0.1) is 25.7 Å². The highest BCUT2D eigenvalue weighted by Gasteiger charge is 2.40.